The van der Waals surface area contributed by atoms with Crippen molar-refractivity contribution >= 4 is 92.3 Å². The van der Waals surface area contributed by atoms with Crippen LogP contribution in [0.2, 0.25) is 0 Å². The summed E-state index contributed by atoms with van der Waals surface area (Å²) in [6.07, 6.45) is 0. The molecule has 4 nitrogen and oxygen atoms in total. The summed E-state index contributed by atoms with van der Waals surface area (Å²) in [7, 11) is 0. The van der Waals surface area contributed by atoms with E-state index in [-0.39, 0.29) is 0 Å². The topological polar surface area (TPSA) is 35.1 Å². The molecule has 0 N–H and O–H groups in total. The Balaban J connectivity index is 1.31. The van der Waals surface area contributed by atoms with Gasteiger partial charge in [0.05, 0.1) is 38.8 Å². The van der Waals surface area contributed by atoms with Crippen LogP contribution in [0.25, 0.3) is 110 Å². The van der Waals surface area contributed by atoms with Crippen molar-refractivity contribution in [2.75, 3.05) is 0 Å². The summed E-state index contributed by atoms with van der Waals surface area (Å²) < 4.78 is 4.81. The predicted octanol–water partition coefficient (Wildman–Crippen LogP) is 11.9. The molecule has 4 heterocycles. The van der Waals surface area contributed by atoms with Crippen molar-refractivity contribution in [3.05, 3.63) is 158 Å². The Bertz CT molecular complexity index is 3370. The number of aromatic nitrogens is 4. The van der Waals surface area contributed by atoms with Gasteiger partial charge in [-0.1, -0.05) is 133 Å². The van der Waals surface area contributed by atoms with Crippen molar-refractivity contribution in [1.29, 1.82) is 0 Å². The Morgan fingerprint density at radius 1 is 0.380 bits per heavy atom. The molecule has 0 atom stereocenters. The van der Waals surface area contributed by atoms with E-state index in [1.165, 1.54) is 65.0 Å². The zero-order chi connectivity index (χ0) is 32.5. The fraction of sp³-hybridized carbons (Fsp3) is 0. The van der Waals surface area contributed by atoms with E-state index in [4.69, 9.17) is 9.97 Å². The van der Waals surface area contributed by atoms with Gasteiger partial charge in [0.15, 0.2) is 0 Å². The van der Waals surface area contributed by atoms with Gasteiger partial charge in [-0.25, -0.2) is 9.97 Å². The third-order valence-electron chi connectivity index (χ3n) is 10.8. The Hall–Kier alpha value is -6.78. The second kappa shape index (κ2) is 9.43. The summed E-state index contributed by atoms with van der Waals surface area (Å²) in [4.78, 5) is 10.9. The molecule has 0 amide bonds. The monoisotopic (exact) mass is 634 g/mol. The molecule has 0 unspecified atom stereocenters. The quantitative estimate of drug-likeness (QED) is 0.177. The molecule has 0 saturated heterocycles. The lowest BCUT2D eigenvalue weighted by Gasteiger charge is -2.13. The van der Waals surface area contributed by atoms with Crippen LogP contribution < -0.4 is 0 Å². The minimum atomic E-state index is 0.671. The molecule has 0 bridgehead atoms. The van der Waals surface area contributed by atoms with Gasteiger partial charge in [0.1, 0.15) is 0 Å². The average molecular weight is 635 g/mol. The Labute approximate surface area is 285 Å². The summed E-state index contributed by atoms with van der Waals surface area (Å²) in [6.45, 7) is 0. The molecule has 0 radical (unpaired) electrons. The molecular formula is C46H26N4. The molecule has 0 aliphatic rings. The van der Waals surface area contributed by atoms with E-state index in [0.29, 0.717) is 5.95 Å². The van der Waals surface area contributed by atoms with Gasteiger partial charge in [0.25, 0.3) is 0 Å². The van der Waals surface area contributed by atoms with Crippen LogP contribution in [0.3, 0.4) is 0 Å². The Morgan fingerprint density at radius 2 is 1.02 bits per heavy atom. The van der Waals surface area contributed by atoms with Gasteiger partial charge in [-0.05, 0) is 40.4 Å². The first kappa shape index (κ1) is 26.2. The highest BCUT2D eigenvalue weighted by Gasteiger charge is 2.26. The normalized spacial score (nSPS) is 12.4. The molecule has 4 heteroatoms. The molecule has 50 heavy (non-hydrogen) atoms. The molecule has 0 fully saturated rings. The van der Waals surface area contributed by atoms with E-state index in [2.05, 4.69) is 167 Å². The standard InChI is InChI=1S/C46H26N4/c1-2-14-29(15-3-1)43-40-30-16-6-4-12-27(30)23-25-36(40)47-46(48-43)49-37-20-10-8-18-33(37)41-39(49)26-35-32-24-22-28-13-5-7-17-31(28)44(32)50-38-21-11-9-19-34(38)42(41)45(35)50/h1-26H. The van der Waals surface area contributed by atoms with E-state index in [9.17, 15) is 0 Å². The van der Waals surface area contributed by atoms with Crippen LogP contribution in [-0.4, -0.2) is 18.9 Å². The van der Waals surface area contributed by atoms with Crippen LogP contribution in [-0.2, 0) is 0 Å². The molecule has 0 aliphatic heterocycles. The van der Waals surface area contributed by atoms with Crippen LogP contribution in [0.4, 0.5) is 0 Å². The molecule has 12 aromatic rings. The number of fused-ring (bicyclic) bond motifs is 15. The van der Waals surface area contributed by atoms with Crippen LogP contribution in [0.1, 0.15) is 0 Å². The summed E-state index contributed by atoms with van der Waals surface area (Å²) >= 11 is 0. The van der Waals surface area contributed by atoms with Gasteiger partial charge in [0.2, 0.25) is 5.95 Å². The van der Waals surface area contributed by atoms with Crippen molar-refractivity contribution in [2.45, 2.75) is 0 Å². The van der Waals surface area contributed by atoms with Gasteiger partial charge >= 0.3 is 0 Å². The summed E-state index contributed by atoms with van der Waals surface area (Å²) in [5, 5.41) is 13.4. The van der Waals surface area contributed by atoms with Gasteiger partial charge in [-0.3, -0.25) is 4.57 Å². The van der Waals surface area contributed by atoms with E-state index in [1.807, 2.05) is 0 Å². The third kappa shape index (κ3) is 3.25. The summed E-state index contributed by atoms with van der Waals surface area (Å²) in [5.74, 6) is 0.671. The predicted molar refractivity (Wildman–Crippen MR) is 209 cm³/mol. The van der Waals surface area contributed by atoms with Crippen molar-refractivity contribution in [3.63, 3.8) is 0 Å². The lowest BCUT2D eigenvalue weighted by Crippen LogP contribution is -2.03. The molecule has 230 valence electrons. The summed E-state index contributed by atoms with van der Waals surface area (Å²) in [5.41, 5.74) is 8.89. The maximum absolute atomic E-state index is 5.49. The Morgan fingerprint density at radius 3 is 1.84 bits per heavy atom. The molecule has 0 spiro atoms. The summed E-state index contributed by atoms with van der Waals surface area (Å²) in [6, 6.07) is 56.7. The largest absolute Gasteiger partial charge is 0.307 e. The van der Waals surface area contributed by atoms with Crippen LogP contribution >= 0.6 is 0 Å². The second-order valence-corrected chi connectivity index (χ2v) is 13.3. The van der Waals surface area contributed by atoms with Crippen LogP contribution in [0.5, 0.6) is 0 Å². The molecular weight excluding hydrogens is 609 g/mol. The first-order chi connectivity index (χ1) is 24.8. The van der Waals surface area contributed by atoms with Crippen molar-refractivity contribution in [1.82, 2.24) is 18.9 Å². The maximum atomic E-state index is 5.49. The third-order valence-corrected chi connectivity index (χ3v) is 10.8. The molecule has 0 aliphatic carbocycles. The van der Waals surface area contributed by atoms with Crippen molar-refractivity contribution < 1.29 is 0 Å². The first-order valence-electron chi connectivity index (χ1n) is 17.1. The second-order valence-electron chi connectivity index (χ2n) is 13.3. The van der Waals surface area contributed by atoms with E-state index in [0.717, 1.165) is 38.6 Å². The highest BCUT2D eigenvalue weighted by atomic mass is 15.2. The van der Waals surface area contributed by atoms with Crippen LogP contribution in [0.15, 0.2) is 158 Å². The highest BCUT2D eigenvalue weighted by molar-refractivity contribution is 6.37. The number of hydrogen-bond acceptors (Lipinski definition) is 2. The number of hydrogen-bond donors (Lipinski definition) is 0. The molecule has 12 rings (SSSR count). The van der Waals surface area contributed by atoms with Gasteiger partial charge in [-0.15, -0.1) is 0 Å². The van der Waals surface area contributed by atoms with Crippen molar-refractivity contribution in [2.24, 2.45) is 0 Å². The van der Waals surface area contributed by atoms with Gasteiger partial charge in [0, 0.05) is 48.7 Å². The van der Waals surface area contributed by atoms with E-state index >= 15 is 0 Å². The zero-order valence-electron chi connectivity index (χ0n) is 26.8. The lowest BCUT2D eigenvalue weighted by atomic mass is 10.0. The number of para-hydroxylation sites is 2. The zero-order valence-corrected chi connectivity index (χ0v) is 26.8. The smallest absolute Gasteiger partial charge is 0.235 e. The first-order valence-corrected chi connectivity index (χ1v) is 17.1. The fourth-order valence-electron chi connectivity index (χ4n) is 8.77. The minimum absolute atomic E-state index is 0.671. The minimum Gasteiger partial charge on any atom is -0.307 e. The molecule has 0 saturated carbocycles. The number of benzene rings is 8. The fourth-order valence-corrected chi connectivity index (χ4v) is 8.77. The number of nitrogens with zero attached hydrogens (tertiary/aromatic N) is 4. The SMILES string of the molecule is c1ccc(-c2nc(-n3c4ccccc4c4c5c6ccccc6n6c7c8ccccc8ccc7c(cc43)c56)nc3ccc4ccccc4c23)cc1. The number of rotatable bonds is 2. The van der Waals surface area contributed by atoms with E-state index < -0.39 is 0 Å². The van der Waals surface area contributed by atoms with Crippen LogP contribution in [0, 0.1) is 0 Å². The molecule has 4 aromatic heterocycles. The van der Waals surface area contributed by atoms with Crippen molar-refractivity contribution in [3.8, 4) is 17.2 Å². The maximum Gasteiger partial charge on any atom is 0.235 e. The molecule has 8 aromatic carbocycles. The van der Waals surface area contributed by atoms with Gasteiger partial charge < -0.3 is 4.40 Å². The Kier molecular flexibility index (Phi) is 4.94. The lowest BCUT2D eigenvalue weighted by molar-refractivity contribution is 1.02. The highest BCUT2D eigenvalue weighted by Crippen LogP contribution is 2.47. The van der Waals surface area contributed by atoms with Gasteiger partial charge in [-0.2, -0.15) is 0 Å². The average Bonchev–Trinajstić information content (AvgIpc) is 3.82. The van der Waals surface area contributed by atoms with E-state index in [1.54, 1.807) is 0 Å².